The number of hydrogen-bond donors (Lipinski definition) is 1. The summed E-state index contributed by atoms with van der Waals surface area (Å²) in [4.78, 5) is 37.6. The summed E-state index contributed by atoms with van der Waals surface area (Å²) in [5.74, 6) is -1.46. The Bertz CT molecular complexity index is 990. The first-order valence-corrected chi connectivity index (χ1v) is 10.1. The van der Waals surface area contributed by atoms with E-state index in [1.165, 1.54) is 37.3 Å². The van der Waals surface area contributed by atoms with E-state index >= 15 is 0 Å². The van der Waals surface area contributed by atoms with Gasteiger partial charge < -0.3 is 19.7 Å². The Hall–Kier alpha value is -2.88. The van der Waals surface area contributed by atoms with Crippen molar-refractivity contribution < 1.29 is 24.0 Å². The molecule has 164 valence electrons. The molecule has 11 heteroatoms. The molecular formula is C20H19Cl2N3O6. The fraction of sp³-hybridized carbons (Fsp3) is 0.300. The fourth-order valence-corrected chi connectivity index (χ4v) is 3.55. The van der Waals surface area contributed by atoms with E-state index in [9.17, 15) is 19.7 Å². The normalized spacial score (nSPS) is 14.6. The molecule has 0 saturated carbocycles. The number of nitrogens with zero attached hydrogens (tertiary/aromatic N) is 2. The Morgan fingerprint density at radius 2 is 1.81 bits per heavy atom. The van der Waals surface area contributed by atoms with Crippen LogP contribution in [0.15, 0.2) is 36.4 Å². The third kappa shape index (κ3) is 5.84. The molecule has 1 fully saturated rings. The van der Waals surface area contributed by atoms with Crippen LogP contribution in [0.4, 0.5) is 17.1 Å². The first-order chi connectivity index (χ1) is 14.7. The van der Waals surface area contributed by atoms with Gasteiger partial charge in [-0.1, -0.05) is 23.2 Å². The van der Waals surface area contributed by atoms with Gasteiger partial charge in [0.2, 0.25) is 0 Å². The molecule has 1 aliphatic heterocycles. The molecular weight excluding hydrogens is 449 g/mol. The number of carbonyl (C=O) groups is 2. The van der Waals surface area contributed by atoms with Gasteiger partial charge in [0, 0.05) is 34.9 Å². The molecule has 1 unspecified atom stereocenters. The van der Waals surface area contributed by atoms with Crippen molar-refractivity contribution in [2.45, 2.75) is 13.0 Å². The predicted octanol–water partition coefficient (Wildman–Crippen LogP) is 3.92. The van der Waals surface area contributed by atoms with Gasteiger partial charge in [0.1, 0.15) is 5.69 Å². The van der Waals surface area contributed by atoms with Gasteiger partial charge in [-0.25, -0.2) is 4.79 Å². The first-order valence-electron chi connectivity index (χ1n) is 9.33. The number of halogens is 2. The molecule has 0 aliphatic carbocycles. The molecule has 0 spiro atoms. The van der Waals surface area contributed by atoms with E-state index in [1.54, 1.807) is 0 Å². The van der Waals surface area contributed by atoms with Gasteiger partial charge in [0.05, 0.1) is 23.7 Å². The van der Waals surface area contributed by atoms with E-state index in [4.69, 9.17) is 32.7 Å². The number of hydrogen-bond acceptors (Lipinski definition) is 7. The summed E-state index contributed by atoms with van der Waals surface area (Å²) < 4.78 is 10.4. The number of nitro groups is 1. The number of anilines is 2. The fourth-order valence-electron chi connectivity index (χ4n) is 3.02. The van der Waals surface area contributed by atoms with Crippen LogP contribution < -0.4 is 10.2 Å². The predicted molar refractivity (Wildman–Crippen MR) is 116 cm³/mol. The second-order valence-electron chi connectivity index (χ2n) is 6.75. The van der Waals surface area contributed by atoms with Crippen LogP contribution in [0.3, 0.4) is 0 Å². The maximum absolute atomic E-state index is 12.5. The number of nitrogens with one attached hydrogen (secondary N) is 1. The third-order valence-electron chi connectivity index (χ3n) is 4.54. The number of morpholine rings is 1. The van der Waals surface area contributed by atoms with Gasteiger partial charge in [-0.3, -0.25) is 14.9 Å². The minimum Gasteiger partial charge on any atom is -0.449 e. The summed E-state index contributed by atoms with van der Waals surface area (Å²) >= 11 is 11.8. The summed E-state index contributed by atoms with van der Waals surface area (Å²) in [5, 5.41) is 14.8. The van der Waals surface area contributed by atoms with Gasteiger partial charge in [0.25, 0.3) is 11.6 Å². The Morgan fingerprint density at radius 1 is 1.16 bits per heavy atom. The van der Waals surface area contributed by atoms with Crippen LogP contribution in [0.1, 0.15) is 17.3 Å². The van der Waals surface area contributed by atoms with Crippen LogP contribution in [0, 0.1) is 10.1 Å². The van der Waals surface area contributed by atoms with Crippen LogP contribution in [0.25, 0.3) is 0 Å². The quantitative estimate of drug-likeness (QED) is 0.389. The molecule has 1 atom stereocenters. The summed E-state index contributed by atoms with van der Waals surface area (Å²) in [5.41, 5.74) is 0.487. The van der Waals surface area contributed by atoms with Crippen molar-refractivity contribution in [3.05, 3.63) is 62.1 Å². The average Bonchev–Trinajstić information content (AvgIpc) is 2.73. The van der Waals surface area contributed by atoms with Gasteiger partial charge in [-0.05, 0) is 37.3 Å². The van der Waals surface area contributed by atoms with Crippen molar-refractivity contribution in [3.63, 3.8) is 0 Å². The summed E-state index contributed by atoms with van der Waals surface area (Å²) in [6, 6.07) is 8.58. The summed E-state index contributed by atoms with van der Waals surface area (Å²) in [7, 11) is 0. The number of nitro benzene ring substituents is 1. The van der Waals surface area contributed by atoms with Gasteiger partial charge in [0.15, 0.2) is 6.10 Å². The van der Waals surface area contributed by atoms with Gasteiger partial charge >= 0.3 is 5.97 Å². The lowest BCUT2D eigenvalue weighted by Crippen LogP contribution is -2.36. The Kier molecular flexibility index (Phi) is 7.32. The lowest BCUT2D eigenvalue weighted by atomic mass is 10.1. The first kappa shape index (κ1) is 22.8. The molecule has 1 heterocycles. The maximum Gasteiger partial charge on any atom is 0.339 e. The van der Waals surface area contributed by atoms with Crippen LogP contribution in [-0.4, -0.2) is 49.2 Å². The van der Waals surface area contributed by atoms with Crippen molar-refractivity contribution in [3.8, 4) is 0 Å². The summed E-state index contributed by atoms with van der Waals surface area (Å²) in [6.45, 7) is 3.33. The number of amides is 1. The zero-order valence-electron chi connectivity index (χ0n) is 16.5. The Balaban J connectivity index is 1.70. The topological polar surface area (TPSA) is 111 Å². The molecule has 2 aromatic carbocycles. The van der Waals surface area contributed by atoms with Gasteiger partial charge in [-0.2, -0.15) is 0 Å². The number of benzene rings is 2. The second kappa shape index (κ2) is 9.95. The van der Waals surface area contributed by atoms with Crippen molar-refractivity contribution >= 4 is 52.1 Å². The highest BCUT2D eigenvalue weighted by molar-refractivity contribution is 6.35. The number of rotatable bonds is 6. The van der Waals surface area contributed by atoms with E-state index in [2.05, 4.69) is 5.32 Å². The van der Waals surface area contributed by atoms with Crippen molar-refractivity contribution in [1.29, 1.82) is 0 Å². The van der Waals surface area contributed by atoms with Crippen molar-refractivity contribution in [2.24, 2.45) is 0 Å². The SMILES string of the molecule is CC(OC(=O)c1ccc(N2CCOCC2)c([N+](=O)[O-])c1)C(=O)Nc1cc(Cl)cc(Cl)c1. The lowest BCUT2D eigenvalue weighted by Gasteiger charge is -2.28. The molecule has 9 nitrogen and oxygen atoms in total. The molecule has 1 N–H and O–H groups in total. The van der Waals surface area contributed by atoms with Crippen molar-refractivity contribution in [2.75, 3.05) is 36.5 Å². The minimum absolute atomic E-state index is 0.0332. The minimum atomic E-state index is -1.16. The van der Waals surface area contributed by atoms with Crippen LogP contribution in [0.2, 0.25) is 10.0 Å². The second-order valence-corrected chi connectivity index (χ2v) is 7.63. The van der Waals surface area contributed by atoms with Crippen LogP contribution in [-0.2, 0) is 14.3 Å². The summed E-state index contributed by atoms with van der Waals surface area (Å²) in [6.07, 6.45) is -1.16. The average molecular weight is 468 g/mol. The van der Waals surface area contributed by atoms with E-state index in [0.29, 0.717) is 47.7 Å². The highest BCUT2D eigenvalue weighted by Gasteiger charge is 2.25. The molecule has 0 radical (unpaired) electrons. The third-order valence-corrected chi connectivity index (χ3v) is 4.98. The smallest absolute Gasteiger partial charge is 0.339 e. The van der Waals surface area contributed by atoms with E-state index in [-0.39, 0.29) is 11.3 Å². The number of carbonyl (C=O) groups excluding carboxylic acids is 2. The molecule has 2 aromatic rings. The molecule has 3 rings (SSSR count). The highest BCUT2D eigenvalue weighted by atomic mass is 35.5. The number of ether oxygens (including phenoxy) is 2. The highest BCUT2D eigenvalue weighted by Crippen LogP contribution is 2.30. The molecule has 1 saturated heterocycles. The maximum atomic E-state index is 12.5. The van der Waals surface area contributed by atoms with Crippen LogP contribution >= 0.6 is 23.2 Å². The monoisotopic (exact) mass is 467 g/mol. The standard InChI is InChI=1S/C20H19Cl2N3O6/c1-12(19(26)23-16-10-14(21)9-15(22)11-16)31-20(27)13-2-3-17(18(8-13)25(28)29)24-4-6-30-7-5-24/h2-3,8-12H,4-7H2,1H3,(H,23,26). The lowest BCUT2D eigenvalue weighted by molar-refractivity contribution is -0.384. The van der Waals surface area contributed by atoms with E-state index in [1.807, 2.05) is 4.90 Å². The zero-order chi connectivity index (χ0) is 22.5. The zero-order valence-corrected chi connectivity index (χ0v) is 18.0. The number of esters is 1. The Morgan fingerprint density at radius 3 is 2.42 bits per heavy atom. The molecule has 0 aromatic heterocycles. The molecule has 31 heavy (non-hydrogen) atoms. The largest absolute Gasteiger partial charge is 0.449 e. The van der Waals surface area contributed by atoms with E-state index < -0.39 is 22.9 Å². The molecule has 1 aliphatic rings. The molecule has 1 amide bonds. The Labute approximate surface area is 188 Å². The molecule has 0 bridgehead atoms. The van der Waals surface area contributed by atoms with Crippen molar-refractivity contribution in [1.82, 2.24) is 0 Å². The van der Waals surface area contributed by atoms with Crippen LogP contribution in [0.5, 0.6) is 0 Å². The van der Waals surface area contributed by atoms with E-state index in [0.717, 1.165) is 6.07 Å². The van der Waals surface area contributed by atoms with Gasteiger partial charge in [-0.15, -0.1) is 0 Å².